The van der Waals surface area contributed by atoms with Gasteiger partial charge in [0.15, 0.2) is 6.79 Å². The van der Waals surface area contributed by atoms with Crippen LogP contribution in [0, 0.1) is 5.82 Å². The van der Waals surface area contributed by atoms with Crippen molar-refractivity contribution < 1.29 is 48.8 Å². The second-order valence-corrected chi connectivity index (χ2v) is 13.3. The Labute approximate surface area is 262 Å². The Morgan fingerprint density at radius 2 is 1.93 bits per heavy atom. The predicted molar refractivity (Wildman–Crippen MR) is 157 cm³/mol. The van der Waals surface area contributed by atoms with E-state index in [0.717, 1.165) is 6.42 Å². The van der Waals surface area contributed by atoms with Crippen molar-refractivity contribution in [2.24, 2.45) is 0 Å². The molecule has 0 amide bonds. The largest absolute Gasteiger partial charge is 0.534 e. The molecule has 46 heavy (non-hydrogen) atoms. The summed E-state index contributed by atoms with van der Waals surface area (Å²) in [6, 6.07) is 6.09. The molecule has 2 saturated heterocycles. The molecule has 0 N–H and O–H groups in total. The van der Waals surface area contributed by atoms with Gasteiger partial charge in [0.05, 0.1) is 17.8 Å². The lowest BCUT2D eigenvalue weighted by molar-refractivity contribution is -0.0502. The lowest BCUT2D eigenvalue weighted by Crippen LogP contribution is -2.43. The second kappa shape index (κ2) is 12.3. The highest BCUT2D eigenvalue weighted by atomic mass is 32.2. The Morgan fingerprint density at radius 1 is 1.13 bits per heavy atom. The summed E-state index contributed by atoms with van der Waals surface area (Å²) in [4.78, 5) is 12.3. The first-order valence-corrected chi connectivity index (χ1v) is 16.3. The van der Waals surface area contributed by atoms with Gasteiger partial charge in [0.25, 0.3) is 0 Å². The monoisotopic (exact) mass is 672 g/mol. The molecular weight excluding hydrogens is 639 g/mol. The number of benzene rings is 2. The van der Waals surface area contributed by atoms with Gasteiger partial charge in [0, 0.05) is 49.3 Å². The third-order valence-corrected chi connectivity index (χ3v) is 9.81. The van der Waals surface area contributed by atoms with Gasteiger partial charge in [0.2, 0.25) is 5.88 Å². The van der Waals surface area contributed by atoms with Gasteiger partial charge in [-0.05, 0) is 55.3 Å². The third-order valence-electron chi connectivity index (χ3n) is 8.87. The first-order chi connectivity index (χ1) is 21.8. The number of methoxy groups -OCH3 is 1. The second-order valence-electron chi connectivity index (χ2n) is 11.7. The zero-order valence-corrected chi connectivity index (χ0v) is 26.0. The van der Waals surface area contributed by atoms with Crippen LogP contribution in [0.2, 0.25) is 0 Å². The maximum atomic E-state index is 15.0. The SMILES string of the molecule is CCc1c(F)ccc2cc(OCOC)cc(N3CCc4c(nc(OC[C@@]56CCCN5C[C@H](F)C6)nc4OS(=O)(=O)C(F)(F)F)C3)c12. The highest BCUT2D eigenvalue weighted by Gasteiger charge is 2.51. The number of fused-ring (bicyclic) bond motifs is 3. The lowest BCUT2D eigenvalue weighted by Gasteiger charge is -2.33. The van der Waals surface area contributed by atoms with Crippen molar-refractivity contribution in [1.29, 1.82) is 0 Å². The lowest BCUT2D eigenvalue weighted by atomic mass is 9.95. The summed E-state index contributed by atoms with van der Waals surface area (Å²) >= 11 is 0. The van der Waals surface area contributed by atoms with Gasteiger partial charge in [0.1, 0.15) is 24.3 Å². The molecule has 0 radical (unpaired) electrons. The minimum absolute atomic E-state index is 0.000986. The molecule has 2 atom stereocenters. The zero-order chi connectivity index (χ0) is 32.9. The first-order valence-electron chi connectivity index (χ1n) is 14.9. The predicted octanol–water partition coefficient (Wildman–Crippen LogP) is 5.06. The number of rotatable bonds is 10. The van der Waals surface area contributed by atoms with E-state index in [1.54, 1.807) is 18.2 Å². The van der Waals surface area contributed by atoms with Gasteiger partial charge >= 0.3 is 21.6 Å². The smallest absolute Gasteiger partial charge is 0.467 e. The van der Waals surface area contributed by atoms with Gasteiger partial charge in [-0.15, -0.1) is 0 Å². The van der Waals surface area contributed by atoms with E-state index in [-0.39, 0.29) is 63.1 Å². The van der Waals surface area contributed by atoms with Crippen LogP contribution in [0.4, 0.5) is 27.6 Å². The van der Waals surface area contributed by atoms with Gasteiger partial charge < -0.3 is 23.3 Å². The number of alkyl halides is 4. The molecule has 0 unspecified atom stereocenters. The fraction of sp³-hybridized carbons (Fsp3) is 0.533. The average molecular weight is 673 g/mol. The van der Waals surface area contributed by atoms with Crippen molar-refractivity contribution in [2.45, 2.75) is 62.8 Å². The summed E-state index contributed by atoms with van der Waals surface area (Å²) in [5.74, 6) is -0.734. The Hall–Kier alpha value is -3.50. The first kappa shape index (κ1) is 32.4. The van der Waals surface area contributed by atoms with Crippen LogP contribution in [0.3, 0.4) is 0 Å². The quantitative estimate of drug-likeness (QED) is 0.126. The third kappa shape index (κ3) is 6.01. The van der Waals surface area contributed by atoms with Crippen LogP contribution < -0.4 is 18.6 Å². The molecule has 1 aromatic heterocycles. The van der Waals surface area contributed by atoms with Crippen LogP contribution in [-0.2, 0) is 34.2 Å². The molecule has 0 spiro atoms. The van der Waals surface area contributed by atoms with Crippen LogP contribution in [0.15, 0.2) is 24.3 Å². The molecule has 2 aromatic carbocycles. The molecule has 0 saturated carbocycles. The molecule has 250 valence electrons. The summed E-state index contributed by atoms with van der Waals surface area (Å²) in [5.41, 5.74) is -5.03. The van der Waals surface area contributed by atoms with Crippen LogP contribution in [0.5, 0.6) is 17.6 Å². The van der Waals surface area contributed by atoms with Crippen LogP contribution in [-0.4, -0.2) is 80.6 Å². The Kier molecular flexibility index (Phi) is 8.65. The van der Waals surface area contributed by atoms with E-state index in [2.05, 4.69) is 14.2 Å². The molecule has 2 fully saturated rings. The number of aromatic nitrogens is 2. The van der Waals surface area contributed by atoms with Crippen molar-refractivity contribution >= 4 is 26.6 Å². The van der Waals surface area contributed by atoms with Crippen molar-refractivity contribution in [3.8, 4) is 17.6 Å². The summed E-state index contributed by atoms with van der Waals surface area (Å²) < 4.78 is 115. The van der Waals surface area contributed by atoms with Gasteiger partial charge in [-0.2, -0.15) is 31.6 Å². The van der Waals surface area contributed by atoms with Crippen molar-refractivity contribution in [3.63, 3.8) is 0 Å². The molecule has 4 heterocycles. The summed E-state index contributed by atoms with van der Waals surface area (Å²) in [7, 11) is -4.59. The molecule has 10 nitrogen and oxygen atoms in total. The van der Waals surface area contributed by atoms with Gasteiger partial charge in [-0.1, -0.05) is 13.0 Å². The van der Waals surface area contributed by atoms with E-state index in [4.69, 9.17) is 14.2 Å². The van der Waals surface area contributed by atoms with Crippen LogP contribution in [0.1, 0.15) is 43.0 Å². The van der Waals surface area contributed by atoms with E-state index in [1.807, 2.05) is 16.7 Å². The molecule has 0 bridgehead atoms. The molecule has 3 aliphatic heterocycles. The summed E-state index contributed by atoms with van der Waals surface area (Å²) in [6.45, 7) is 2.83. The zero-order valence-electron chi connectivity index (χ0n) is 25.2. The van der Waals surface area contributed by atoms with Gasteiger partial charge in [-0.3, -0.25) is 4.90 Å². The molecule has 6 rings (SSSR count). The van der Waals surface area contributed by atoms with Crippen LogP contribution in [0.25, 0.3) is 10.8 Å². The maximum absolute atomic E-state index is 15.0. The van der Waals surface area contributed by atoms with Crippen LogP contribution >= 0.6 is 0 Å². The van der Waals surface area contributed by atoms with Crippen molar-refractivity contribution in [3.05, 3.63) is 46.9 Å². The van der Waals surface area contributed by atoms with Gasteiger partial charge in [-0.25, -0.2) is 8.78 Å². The number of halogens is 5. The van der Waals surface area contributed by atoms with Crippen molar-refractivity contribution in [2.75, 3.05) is 45.0 Å². The van der Waals surface area contributed by atoms with E-state index < -0.39 is 39.0 Å². The summed E-state index contributed by atoms with van der Waals surface area (Å²) in [6.07, 6.45) is 1.04. The fourth-order valence-corrected chi connectivity index (χ4v) is 7.22. The summed E-state index contributed by atoms with van der Waals surface area (Å²) in [5, 5.41) is 1.32. The fourth-order valence-electron chi connectivity index (χ4n) is 6.78. The number of hydrogen-bond donors (Lipinski definition) is 0. The van der Waals surface area contributed by atoms with E-state index in [0.29, 0.717) is 47.2 Å². The topological polar surface area (TPSA) is 103 Å². The Balaban J connectivity index is 1.40. The molecule has 3 aromatic rings. The van der Waals surface area contributed by atoms with E-state index in [9.17, 15) is 30.4 Å². The number of anilines is 1. The highest BCUT2D eigenvalue weighted by molar-refractivity contribution is 7.88. The van der Waals surface area contributed by atoms with E-state index >= 15 is 0 Å². The molecule has 0 aliphatic carbocycles. The standard InChI is InChI=1S/C30H33F5N4O6S/c1-3-21-23(32)6-5-18-11-20(44-17-42-2)12-25(26(18)21)38-10-7-22-24(15-38)36-28(37-27(22)45-46(40,41)30(33,34)35)43-16-29-8-4-9-39(29)14-19(31)13-29/h5-6,11-12,19H,3-4,7-10,13-17H2,1-2H3/t19-,29+/m1/s1. The Bertz CT molecular complexity index is 1740. The number of hydrogen-bond acceptors (Lipinski definition) is 10. The molecule has 16 heteroatoms. The number of nitrogens with zero attached hydrogens (tertiary/aromatic N) is 4. The molecular formula is C30H33F5N4O6S. The number of aryl methyl sites for hydroxylation is 1. The average Bonchev–Trinajstić information content (AvgIpc) is 3.53. The molecule has 3 aliphatic rings. The highest BCUT2D eigenvalue weighted by Crippen LogP contribution is 2.42. The minimum Gasteiger partial charge on any atom is -0.467 e. The van der Waals surface area contributed by atoms with E-state index in [1.165, 1.54) is 13.2 Å². The number of ether oxygens (including phenoxy) is 3. The normalized spacial score (nSPS) is 21.8. The Morgan fingerprint density at radius 3 is 2.67 bits per heavy atom. The maximum Gasteiger partial charge on any atom is 0.534 e. The minimum atomic E-state index is -6.06. The van der Waals surface area contributed by atoms with Crippen molar-refractivity contribution in [1.82, 2.24) is 14.9 Å².